The molecule has 4 aliphatic heterocycles. The van der Waals surface area contributed by atoms with Crippen LogP contribution in [-0.4, -0.2) is 169 Å². The summed E-state index contributed by atoms with van der Waals surface area (Å²) in [4.78, 5) is 83.1. The summed E-state index contributed by atoms with van der Waals surface area (Å²) < 4.78 is 125. The smallest absolute Gasteiger partial charge is 0.259 e. The Bertz CT molecular complexity index is 7420. The van der Waals surface area contributed by atoms with Crippen LogP contribution in [0.3, 0.4) is 0 Å². The maximum atomic E-state index is 13.0. The van der Waals surface area contributed by atoms with E-state index in [2.05, 4.69) is 56.2 Å². The van der Waals surface area contributed by atoms with Crippen molar-refractivity contribution in [2.24, 2.45) is 0 Å². The first-order valence-corrected chi connectivity index (χ1v) is 51.4. The molecule has 16 aromatic rings. The van der Waals surface area contributed by atoms with Crippen LogP contribution in [0.5, 0.6) is 0 Å². The van der Waals surface area contributed by atoms with Crippen molar-refractivity contribution in [3.05, 3.63) is 326 Å². The van der Waals surface area contributed by atoms with Gasteiger partial charge in [0, 0.05) is 119 Å². The van der Waals surface area contributed by atoms with E-state index in [0.717, 1.165) is 54.2 Å². The van der Waals surface area contributed by atoms with E-state index in [9.17, 15) is 52.8 Å². The number of benzene rings is 9. The molecule has 11 heterocycles. The highest BCUT2D eigenvalue weighted by atomic mass is 35.5. The van der Waals surface area contributed by atoms with E-state index < -0.39 is 40.1 Å². The summed E-state index contributed by atoms with van der Waals surface area (Å²) in [5, 5.41) is 18.4. The molecule has 702 valence electrons. The van der Waals surface area contributed by atoms with Crippen molar-refractivity contribution in [1.29, 1.82) is 0 Å². The molecule has 20 rings (SSSR count). The highest BCUT2D eigenvalue weighted by molar-refractivity contribution is 7.93. The Kier molecular flexibility index (Phi) is 28.8. The molecule has 138 heavy (non-hydrogen) atoms. The summed E-state index contributed by atoms with van der Waals surface area (Å²) in [5.74, 6) is -2.22. The van der Waals surface area contributed by atoms with Crippen molar-refractivity contribution in [2.45, 2.75) is 20.8 Å². The Morgan fingerprint density at radius 1 is 0.355 bits per heavy atom. The number of nitrogens with zero attached hydrogens (tertiary/aromatic N) is 11. The van der Waals surface area contributed by atoms with Gasteiger partial charge in [0.2, 0.25) is 0 Å². The highest BCUT2D eigenvalue weighted by Crippen LogP contribution is 2.40. The maximum Gasteiger partial charge on any atom is 0.259 e. The van der Waals surface area contributed by atoms with Gasteiger partial charge in [0.05, 0.1) is 135 Å². The predicted molar refractivity (Wildman–Crippen MR) is 540 cm³/mol. The molecular formula is C98H81Cl4N15O16S5. The number of hydrogen-bond donors (Lipinski definition) is 4. The number of anilines is 8. The molecule has 0 radical (unpaired) electrons. The number of carbonyl (C=O) groups is 4. The number of sulfonamides is 4. The normalized spacial score (nSPS) is 15.3. The Morgan fingerprint density at radius 3 is 1.28 bits per heavy atom. The Labute approximate surface area is 816 Å². The van der Waals surface area contributed by atoms with E-state index in [1.165, 1.54) is 17.2 Å². The minimum atomic E-state index is -3.54. The van der Waals surface area contributed by atoms with Crippen molar-refractivity contribution >= 4 is 210 Å². The number of amides is 4. The van der Waals surface area contributed by atoms with Crippen LogP contribution in [0.25, 0.3) is 88.1 Å². The first-order chi connectivity index (χ1) is 66.4. The second kappa shape index (κ2) is 41.4. The zero-order valence-corrected chi connectivity index (χ0v) is 80.5. The number of aryl methyl sites for hydroxylation is 3. The average molecular weight is 2030 g/mol. The van der Waals surface area contributed by atoms with Crippen LogP contribution in [0.1, 0.15) is 58.1 Å². The molecule has 4 saturated heterocycles. The summed E-state index contributed by atoms with van der Waals surface area (Å²) in [7, 11) is -14.1. The van der Waals surface area contributed by atoms with E-state index in [0.29, 0.717) is 165 Å². The van der Waals surface area contributed by atoms with Gasteiger partial charge in [0.1, 0.15) is 0 Å². The van der Waals surface area contributed by atoms with E-state index in [1.807, 2.05) is 84.2 Å². The van der Waals surface area contributed by atoms with Crippen molar-refractivity contribution in [2.75, 3.05) is 115 Å². The third-order valence-corrected chi connectivity index (χ3v) is 30.8. The number of para-hydroxylation sites is 1. The standard InChI is InChI=1S/3C25H21ClN4O4S.C23H18ClN3O4S2/c1-16-12-19(30-10-11-34-15-35(30,32)33)4-5-20(16)25(31)28-18-3-6-22(26)21(13-18)24-7-2-17-14-27-9-8-23(17)29-24;1-16-13-18(30-11-12-34-15-35(30,32)33)5-6-19(16)25(31)28-17-4-7-21(26)20(14-17)22-8-9-23-24(29-22)3-2-10-27-23;1-16-12-19(30-10-11-34-15-35(30,32)33)7-8-20(16)25(31)28-18-6-9-22(26)21(13-18)24-27-14-17-4-2-3-5-23(17)29-24;24-20-6-3-16(13-19(20)22-18-8-12-32-21(18)7-9-25-22)26-23(28)15-1-4-17(5-2-15)27-10-11-31-14-33(27,29)30/h2-9,12-14H,10-11,15H2,1H3,(H,28,31);2-10,13-14H,11-12,15H2,1H3,(H,28,31);2-9,12-14H,10-11,15H2,1H3,(H,28,31);1-9,12-13H,10-11,14H2,(H,26,28). The van der Waals surface area contributed by atoms with Gasteiger partial charge in [-0.05, 0) is 255 Å². The lowest BCUT2D eigenvalue weighted by Crippen LogP contribution is -2.41. The SMILES string of the molecule is Cc1cc(N2CCOCS2(=O)=O)ccc1C(=O)Nc1ccc(Cl)c(-c2ccc3cnccc3n2)c1.Cc1cc(N2CCOCS2(=O)=O)ccc1C(=O)Nc1ccc(Cl)c(-c2ccc3ncccc3n2)c1.Cc1cc(N2CCOCS2(=O)=O)ccc1C(=O)Nc1ccc(Cl)c(-c2ncc3ccccc3n2)c1.O=C(Nc1ccc(Cl)c(-c2nccc3sccc23)c1)c1ccc(N2CCOCS2(=O)=O)cc1. The molecule has 0 atom stereocenters. The molecule has 40 heteroatoms. The number of rotatable bonds is 16. The number of carbonyl (C=O) groups excluding carboxylic acids is 4. The molecule has 0 bridgehead atoms. The summed E-state index contributed by atoms with van der Waals surface area (Å²) in [6.07, 6.45) is 8.61. The molecule has 0 aliphatic carbocycles. The number of ether oxygens (including phenoxy) is 4. The second-order valence-electron chi connectivity index (χ2n) is 31.7. The Morgan fingerprint density at radius 2 is 0.775 bits per heavy atom. The van der Waals surface area contributed by atoms with Gasteiger partial charge >= 0.3 is 0 Å². The van der Waals surface area contributed by atoms with Gasteiger partial charge in [-0.2, -0.15) is 0 Å². The average Bonchev–Trinajstić information content (AvgIpc) is 1.36. The van der Waals surface area contributed by atoms with E-state index >= 15 is 0 Å². The number of halogens is 4. The van der Waals surface area contributed by atoms with E-state index in [-0.39, 0.29) is 73.6 Å². The number of aromatic nitrogens is 7. The number of fused-ring (bicyclic) bond motifs is 4. The van der Waals surface area contributed by atoms with Crippen molar-refractivity contribution < 1.29 is 71.8 Å². The van der Waals surface area contributed by atoms with Gasteiger partial charge < -0.3 is 40.2 Å². The maximum absolute atomic E-state index is 13.0. The summed E-state index contributed by atoms with van der Waals surface area (Å²) >= 11 is 27.4. The van der Waals surface area contributed by atoms with E-state index in [4.69, 9.17) is 65.4 Å². The van der Waals surface area contributed by atoms with Crippen molar-refractivity contribution in [3.8, 4) is 45.2 Å². The molecule has 4 N–H and O–H groups in total. The van der Waals surface area contributed by atoms with Crippen LogP contribution in [0.15, 0.2) is 267 Å². The van der Waals surface area contributed by atoms with Gasteiger partial charge in [-0.15, -0.1) is 11.3 Å². The minimum absolute atomic E-state index is 0.234. The number of pyridine rings is 5. The topological polar surface area (TPSA) is 393 Å². The van der Waals surface area contributed by atoms with Gasteiger partial charge in [-0.1, -0.05) is 64.6 Å². The van der Waals surface area contributed by atoms with Crippen LogP contribution in [-0.2, 0) is 59.0 Å². The first-order valence-electron chi connectivity index (χ1n) is 42.5. The minimum Gasteiger partial charge on any atom is -0.362 e. The summed E-state index contributed by atoms with van der Waals surface area (Å²) in [6, 6.07) is 66.7. The summed E-state index contributed by atoms with van der Waals surface area (Å²) in [6.45, 7) is 7.54. The molecule has 0 spiro atoms. The monoisotopic (exact) mass is 2020 g/mol. The molecule has 31 nitrogen and oxygen atoms in total. The Hall–Kier alpha value is -13.6. The highest BCUT2D eigenvalue weighted by Gasteiger charge is 2.33. The molecule has 4 aliphatic rings. The lowest BCUT2D eigenvalue weighted by Gasteiger charge is -2.28. The molecule has 4 amide bonds. The van der Waals surface area contributed by atoms with Crippen molar-refractivity contribution in [3.63, 3.8) is 0 Å². The molecule has 4 fully saturated rings. The van der Waals surface area contributed by atoms with E-state index in [1.54, 1.807) is 215 Å². The first kappa shape index (κ1) is 96.1. The third-order valence-electron chi connectivity index (χ3n) is 22.4. The van der Waals surface area contributed by atoms with Gasteiger partial charge in [0.15, 0.2) is 29.6 Å². The van der Waals surface area contributed by atoms with Gasteiger partial charge in [-0.25, -0.2) is 53.6 Å². The largest absolute Gasteiger partial charge is 0.362 e. The van der Waals surface area contributed by atoms with Crippen LogP contribution in [0, 0.1) is 20.8 Å². The number of hydrogen-bond acceptors (Lipinski definition) is 24. The van der Waals surface area contributed by atoms with Crippen LogP contribution in [0.2, 0.25) is 20.1 Å². The molecule has 7 aromatic heterocycles. The molecule has 9 aromatic carbocycles. The van der Waals surface area contributed by atoms with Gasteiger partial charge in [-0.3, -0.25) is 51.4 Å². The molecule has 0 unspecified atom stereocenters. The lowest BCUT2D eigenvalue weighted by molar-refractivity contribution is 0.101. The van der Waals surface area contributed by atoms with Crippen LogP contribution >= 0.6 is 57.7 Å². The molecular weight excluding hydrogens is 1950 g/mol. The van der Waals surface area contributed by atoms with Crippen LogP contribution < -0.4 is 38.5 Å². The predicted octanol–water partition coefficient (Wildman–Crippen LogP) is 18.9. The van der Waals surface area contributed by atoms with Crippen molar-refractivity contribution in [1.82, 2.24) is 34.9 Å². The zero-order chi connectivity index (χ0) is 96.7. The summed E-state index contributed by atoms with van der Waals surface area (Å²) in [5.41, 5.74) is 15.8. The quantitative estimate of drug-likeness (QED) is 0.0698. The lowest BCUT2D eigenvalue weighted by atomic mass is 10.1. The number of thiophene rings is 1. The van der Waals surface area contributed by atoms with Gasteiger partial charge in [0.25, 0.3) is 63.7 Å². The fourth-order valence-electron chi connectivity index (χ4n) is 15.6. The number of nitrogens with one attached hydrogen (secondary N) is 4. The fraction of sp³-hybridized carbons (Fsp3) is 0.153. The zero-order valence-electron chi connectivity index (χ0n) is 73.4. The Balaban J connectivity index is 0.000000127. The second-order valence-corrected chi connectivity index (χ2v) is 41.7. The fourth-order valence-corrected chi connectivity index (χ4v) is 22.2. The third kappa shape index (κ3) is 21.9. The molecule has 0 saturated carbocycles. The van der Waals surface area contributed by atoms with Crippen LogP contribution in [0.4, 0.5) is 45.5 Å².